The average molecular weight is 434 g/mol. The molecule has 2 aliphatic rings. The molecule has 3 rings (SSSR count). The molecule has 8 heteroatoms. The maximum atomic E-state index is 12.2. The number of ether oxygens (including phenoxy) is 4. The highest BCUT2D eigenvalue weighted by Gasteiger charge is 2.32. The van der Waals surface area contributed by atoms with Crippen LogP contribution in [0.3, 0.4) is 0 Å². The van der Waals surface area contributed by atoms with E-state index in [0.29, 0.717) is 42.9 Å². The monoisotopic (exact) mass is 433 g/mol. The normalized spacial score (nSPS) is 19.5. The van der Waals surface area contributed by atoms with Crippen LogP contribution in [-0.2, 0) is 32.0 Å². The lowest BCUT2D eigenvalue weighted by molar-refractivity contribution is -0.157. The second-order valence-corrected chi connectivity index (χ2v) is 7.98. The number of benzene rings is 1. The van der Waals surface area contributed by atoms with Gasteiger partial charge in [-0.1, -0.05) is 11.6 Å². The summed E-state index contributed by atoms with van der Waals surface area (Å²) in [4.78, 5) is 24.2. The van der Waals surface area contributed by atoms with Crippen LogP contribution in [-0.4, -0.2) is 56.1 Å². The van der Waals surface area contributed by atoms with Gasteiger partial charge < -0.3 is 29.4 Å². The maximum Gasteiger partial charge on any atom is 0.342 e. The van der Waals surface area contributed by atoms with E-state index in [1.54, 1.807) is 0 Å². The minimum absolute atomic E-state index is 0.0988. The fourth-order valence-electron chi connectivity index (χ4n) is 3.93. The van der Waals surface area contributed by atoms with Crippen LogP contribution in [0.4, 0.5) is 0 Å². The lowest BCUT2D eigenvalue weighted by Gasteiger charge is -2.28. The Balaban J connectivity index is 1.60. The van der Waals surface area contributed by atoms with Gasteiger partial charge in [0.15, 0.2) is 0 Å². The highest BCUT2D eigenvalue weighted by molar-refractivity contribution is 5.98. The molecule has 1 fully saturated rings. The Kier molecular flexibility index (Phi) is 7.56. The third kappa shape index (κ3) is 5.19. The van der Waals surface area contributed by atoms with Crippen LogP contribution in [0, 0.1) is 6.92 Å². The maximum absolute atomic E-state index is 12.2. The number of carbonyl (C=O) groups excluding carboxylic acids is 2. The fraction of sp³-hybridized carbons (Fsp3) is 0.565. The van der Waals surface area contributed by atoms with E-state index in [0.717, 1.165) is 17.7 Å². The summed E-state index contributed by atoms with van der Waals surface area (Å²) < 4.78 is 21.7. The van der Waals surface area contributed by atoms with Crippen molar-refractivity contribution in [2.45, 2.75) is 58.8 Å². The van der Waals surface area contributed by atoms with Crippen LogP contribution in [0.25, 0.3) is 0 Å². The van der Waals surface area contributed by atoms with Gasteiger partial charge in [0.2, 0.25) is 0 Å². The largest absolute Gasteiger partial charge is 0.507 e. The molecule has 1 saturated heterocycles. The van der Waals surface area contributed by atoms with Crippen LogP contribution in [0.2, 0.25) is 0 Å². The first-order valence-electron chi connectivity index (χ1n) is 10.6. The van der Waals surface area contributed by atoms with Crippen LogP contribution in [0.15, 0.2) is 11.6 Å². The number of carbonyl (C=O) groups is 2. The number of aromatic hydroxyl groups is 1. The Bertz CT molecular complexity index is 871. The Morgan fingerprint density at radius 3 is 2.84 bits per heavy atom. The summed E-state index contributed by atoms with van der Waals surface area (Å²) in [6, 6.07) is 0. The Morgan fingerprint density at radius 2 is 2.16 bits per heavy atom. The lowest BCUT2D eigenvalue weighted by atomic mass is 9.94. The molecule has 0 radical (unpaired) electrons. The third-order valence-corrected chi connectivity index (χ3v) is 5.82. The van der Waals surface area contributed by atoms with Crippen molar-refractivity contribution in [1.29, 1.82) is 0 Å². The van der Waals surface area contributed by atoms with Gasteiger partial charge in [-0.3, -0.25) is 4.79 Å². The van der Waals surface area contributed by atoms with Gasteiger partial charge in [0.25, 0.3) is 0 Å². The number of hydrogen-bond acceptors (Lipinski definition) is 8. The van der Waals surface area contributed by atoms with Gasteiger partial charge in [0, 0.05) is 30.6 Å². The first-order chi connectivity index (χ1) is 14.8. The highest BCUT2D eigenvalue weighted by atomic mass is 16.6. The van der Waals surface area contributed by atoms with Crippen molar-refractivity contribution in [3.63, 3.8) is 0 Å². The van der Waals surface area contributed by atoms with Crippen LogP contribution in [0.5, 0.6) is 11.5 Å². The molecule has 0 spiro atoms. The zero-order valence-corrected chi connectivity index (χ0v) is 18.6. The van der Waals surface area contributed by atoms with Crippen molar-refractivity contribution in [3.8, 4) is 11.5 Å². The van der Waals surface area contributed by atoms with Gasteiger partial charge in [0.05, 0.1) is 13.7 Å². The zero-order chi connectivity index (χ0) is 22.5. The van der Waals surface area contributed by atoms with Crippen LogP contribution < -0.4 is 10.1 Å². The van der Waals surface area contributed by atoms with Crippen molar-refractivity contribution in [3.05, 3.63) is 33.9 Å². The van der Waals surface area contributed by atoms with Gasteiger partial charge in [-0.25, -0.2) is 4.79 Å². The van der Waals surface area contributed by atoms with E-state index in [2.05, 4.69) is 5.32 Å². The summed E-state index contributed by atoms with van der Waals surface area (Å²) in [6.07, 6.45) is 2.65. The minimum Gasteiger partial charge on any atom is -0.507 e. The van der Waals surface area contributed by atoms with Gasteiger partial charge in [-0.2, -0.15) is 0 Å². The van der Waals surface area contributed by atoms with E-state index in [-0.39, 0.29) is 42.5 Å². The van der Waals surface area contributed by atoms with E-state index in [1.165, 1.54) is 7.11 Å². The van der Waals surface area contributed by atoms with Crippen molar-refractivity contribution in [2.24, 2.45) is 0 Å². The number of phenols is 1. The van der Waals surface area contributed by atoms with E-state index in [9.17, 15) is 14.7 Å². The summed E-state index contributed by atoms with van der Waals surface area (Å²) >= 11 is 0. The molecule has 2 unspecified atom stereocenters. The predicted molar refractivity (Wildman–Crippen MR) is 113 cm³/mol. The number of methoxy groups -OCH3 is 1. The summed E-state index contributed by atoms with van der Waals surface area (Å²) in [7, 11) is 1.54. The summed E-state index contributed by atoms with van der Waals surface area (Å²) in [5, 5.41) is 13.9. The van der Waals surface area contributed by atoms with Crippen molar-refractivity contribution in [2.75, 3.05) is 26.8 Å². The number of phenolic OH excluding ortho intramolecular Hbond substituents is 1. The topological polar surface area (TPSA) is 103 Å². The Morgan fingerprint density at radius 1 is 1.39 bits per heavy atom. The molecule has 0 bridgehead atoms. The molecule has 2 N–H and O–H groups in total. The van der Waals surface area contributed by atoms with Crippen molar-refractivity contribution >= 4 is 11.9 Å². The van der Waals surface area contributed by atoms with Gasteiger partial charge >= 0.3 is 11.9 Å². The smallest absolute Gasteiger partial charge is 0.342 e. The van der Waals surface area contributed by atoms with Gasteiger partial charge in [0.1, 0.15) is 35.9 Å². The molecule has 170 valence electrons. The molecule has 0 aliphatic carbocycles. The number of hydrogen-bond donors (Lipinski definition) is 2. The molecule has 1 aromatic carbocycles. The van der Waals surface area contributed by atoms with Gasteiger partial charge in [-0.15, -0.1) is 0 Å². The van der Waals surface area contributed by atoms with E-state index in [4.69, 9.17) is 18.9 Å². The molecule has 1 aromatic rings. The van der Waals surface area contributed by atoms with Crippen molar-refractivity contribution in [1.82, 2.24) is 5.32 Å². The first-order valence-corrected chi connectivity index (χ1v) is 10.6. The quantitative estimate of drug-likeness (QED) is 0.476. The number of morpholine rings is 1. The molecule has 0 aromatic heterocycles. The lowest BCUT2D eigenvalue weighted by Crippen LogP contribution is -2.45. The molecule has 2 aliphatic heterocycles. The molecule has 31 heavy (non-hydrogen) atoms. The standard InChI is InChI=1S/C23H31NO7/c1-13(6-8-19(25)31-15(3)18-11-24-9-10-29-18)5-7-16-21(26)20-17(12-30-23(20)27)14(2)22(16)28-4/h5,15,18,24,26H,6-12H2,1-4H3/b13-5+. The molecule has 2 atom stereocenters. The number of cyclic esters (lactones) is 1. The Labute approximate surface area is 182 Å². The Hall–Kier alpha value is -2.58. The van der Waals surface area contributed by atoms with E-state index < -0.39 is 5.97 Å². The summed E-state index contributed by atoms with van der Waals surface area (Å²) in [5.41, 5.74) is 3.19. The van der Waals surface area contributed by atoms with E-state index in [1.807, 2.05) is 26.8 Å². The SMILES string of the molecule is COc1c(C)c2c(c(O)c1C/C=C(\C)CCC(=O)OC(C)C1CNCCO1)C(=O)OC2. The first kappa shape index (κ1) is 23.1. The fourth-order valence-corrected chi connectivity index (χ4v) is 3.93. The van der Waals surface area contributed by atoms with Gasteiger partial charge in [-0.05, 0) is 39.2 Å². The van der Waals surface area contributed by atoms with Crippen LogP contribution in [0.1, 0.15) is 53.7 Å². The molecule has 0 amide bonds. The average Bonchev–Trinajstić information content (AvgIpc) is 3.16. The molecule has 2 heterocycles. The number of rotatable bonds is 8. The van der Waals surface area contributed by atoms with Crippen LogP contribution >= 0.6 is 0 Å². The number of esters is 2. The van der Waals surface area contributed by atoms with E-state index >= 15 is 0 Å². The second-order valence-electron chi connectivity index (χ2n) is 7.98. The molecule has 8 nitrogen and oxygen atoms in total. The summed E-state index contributed by atoms with van der Waals surface area (Å²) in [5.74, 6) is -0.341. The predicted octanol–water partition coefficient (Wildman–Crippen LogP) is 2.57. The minimum atomic E-state index is -0.519. The third-order valence-electron chi connectivity index (χ3n) is 5.82. The molecular formula is C23H31NO7. The number of fused-ring (bicyclic) bond motifs is 1. The van der Waals surface area contributed by atoms with Crippen molar-refractivity contribution < 1.29 is 33.6 Å². The highest BCUT2D eigenvalue weighted by Crippen LogP contribution is 2.42. The number of nitrogens with one attached hydrogen (secondary N) is 1. The molecular weight excluding hydrogens is 402 g/mol. The number of allylic oxidation sites excluding steroid dienone is 2. The zero-order valence-electron chi connectivity index (χ0n) is 18.6. The summed E-state index contributed by atoms with van der Waals surface area (Å²) in [6.45, 7) is 7.85. The second kappa shape index (κ2) is 10.2. The molecule has 0 saturated carbocycles.